The van der Waals surface area contributed by atoms with Crippen LogP contribution in [0.4, 0.5) is 0 Å². The molecular weight excluding hydrogens is 272 g/mol. The van der Waals surface area contributed by atoms with Crippen molar-refractivity contribution >= 4 is 22.9 Å². The fourth-order valence-electron chi connectivity index (χ4n) is 1.87. The van der Waals surface area contributed by atoms with Crippen molar-refractivity contribution in [3.8, 4) is 11.8 Å². The van der Waals surface area contributed by atoms with Gasteiger partial charge in [0.15, 0.2) is 16.3 Å². The number of thioether (sulfide) groups is 1. The molecule has 20 heavy (non-hydrogen) atoms. The summed E-state index contributed by atoms with van der Waals surface area (Å²) < 4.78 is 1.66. The van der Waals surface area contributed by atoms with E-state index in [1.165, 1.54) is 11.8 Å². The molecule has 3 rings (SSSR count). The average Bonchev–Trinajstić information content (AvgIpc) is 2.90. The lowest BCUT2D eigenvalue weighted by atomic mass is 10.1. The molecule has 0 bridgehead atoms. The lowest BCUT2D eigenvalue weighted by molar-refractivity contribution is 0.811. The molecule has 0 atom stereocenters. The van der Waals surface area contributed by atoms with Crippen molar-refractivity contribution in [2.24, 2.45) is 0 Å². The van der Waals surface area contributed by atoms with Gasteiger partial charge in [0.2, 0.25) is 0 Å². The summed E-state index contributed by atoms with van der Waals surface area (Å²) in [5.74, 6) is 0. The molecule has 0 aliphatic rings. The smallest absolute Gasteiger partial charge is 0.189 e. The van der Waals surface area contributed by atoms with Gasteiger partial charge in [0.05, 0.1) is 24.4 Å². The Kier molecular flexibility index (Phi) is 3.31. The van der Waals surface area contributed by atoms with Crippen LogP contribution in [0.25, 0.3) is 16.9 Å². The van der Waals surface area contributed by atoms with Gasteiger partial charge in [0.1, 0.15) is 0 Å². The molecule has 0 unspecified atom stereocenters. The second kappa shape index (κ2) is 5.27. The SMILES string of the molecule is CSc1ncc2nnn(-c3cccc(CC#N)c3)c2n1. The first-order valence-corrected chi connectivity index (χ1v) is 7.13. The van der Waals surface area contributed by atoms with Gasteiger partial charge in [-0.3, -0.25) is 0 Å². The third-order valence-corrected chi connectivity index (χ3v) is 3.35. The van der Waals surface area contributed by atoms with Crippen molar-refractivity contribution in [2.45, 2.75) is 11.6 Å². The number of hydrogen-bond acceptors (Lipinski definition) is 6. The Morgan fingerprint density at radius 2 is 2.30 bits per heavy atom. The maximum Gasteiger partial charge on any atom is 0.189 e. The highest BCUT2D eigenvalue weighted by molar-refractivity contribution is 7.98. The molecule has 0 radical (unpaired) electrons. The number of benzene rings is 1. The first-order valence-electron chi connectivity index (χ1n) is 5.90. The fraction of sp³-hybridized carbons (Fsp3) is 0.154. The van der Waals surface area contributed by atoms with Gasteiger partial charge in [-0.05, 0) is 24.0 Å². The summed E-state index contributed by atoms with van der Waals surface area (Å²) in [5.41, 5.74) is 3.09. The molecule has 0 amide bonds. The minimum Gasteiger partial charge on any atom is -0.229 e. The van der Waals surface area contributed by atoms with Gasteiger partial charge >= 0.3 is 0 Å². The van der Waals surface area contributed by atoms with Crippen molar-refractivity contribution in [3.05, 3.63) is 36.0 Å². The fourth-order valence-corrected chi connectivity index (χ4v) is 2.21. The molecule has 0 fully saturated rings. The van der Waals surface area contributed by atoms with Crippen LogP contribution in [0.1, 0.15) is 5.56 Å². The Hall–Kier alpha value is -2.46. The van der Waals surface area contributed by atoms with Crippen LogP contribution < -0.4 is 0 Å². The summed E-state index contributed by atoms with van der Waals surface area (Å²) in [6.45, 7) is 0. The van der Waals surface area contributed by atoms with Crippen molar-refractivity contribution < 1.29 is 0 Å². The van der Waals surface area contributed by atoms with E-state index in [0.717, 1.165) is 11.3 Å². The lowest BCUT2D eigenvalue weighted by Crippen LogP contribution is -1.99. The van der Waals surface area contributed by atoms with Gasteiger partial charge in [-0.2, -0.15) is 9.94 Å². The maximum atomic E-state index is 8.77. The van der Waals surface area contributed by atoms with E-state index in [-0.39, 0.29) is 0 Å². The van der Waals surface area contributed by atoms with Crippen LogP contribution in [0.2, 0.25) is 0 Å². The van der Waals surface area contributed by atoms with E-state index in [1.54, 1.807) is 10.9 Å². The molecule has 0 spiro atoms. The lowest BCUT2D eigenvalue weighted by Gasteiger charge is -2.03. The Morgan fingerprint density at radius 3 is 3.10 bits per heavy atom. The number of hydrogen-bond donors (Lipinski definition) is 0. The highest BCUT2D eigenvalue weighted by atomic mass is 32.2. The molecule has 0 N–H and O–H groups in total. The van der Waals surface area contributed by atoms with E-state index in [1.807, 2.05) is 30.5 Å². The number of nitriles is 1. The average molecular weight is 282 g/mol. The number of aromatic nitrogens is 5. The van der Waals surface area contributed by atoms with Crippen LogP contribution in [0.5, 0.6) is 0 Å². The van der Waals surface area contributed by atoms with E-state index >= 15 is 0 Å². The predicted octanol–water partition coefficient (Wildman–Crippen LogP) is 2.00. The van der Waals surface area contributed by atoms with Gasteiger partial charge in [-0.15, -0.1) is 5.10 Å². The van der Waals surface area contributed by atoms with Crippen molar-refractivity contribution in [1.82, 2.24) is 25.0 Å². The minimum absolute atomic E-state index is 0.367. The van der Waals surface area contributed by atoms with Crippen LogP contribution in [0.15, 0.2) is 35.6 Å². The van der Waals surface area contributed by atoms with Gasteiger partial charge in [0, 0.05) is 0 Å². The van der Waals surface area contributed by atoms with Gasteiger partial charge in [-0.1, -0.05) is 29.1 Å². The van der Waals surface area contributed by atoms with E-state index in [2.05, 4.69) is 26.3 Å². The monoisotopic (exact) mass is 282 g/mol. The van der Waals surface area contributed by atoms with Gasteiger partial charge < -0.3 is 0 Å². The summed E-state index contributed by atoms with van der Waals surface area (Å²) in [4.78, 5) is 8.60. The quantitative estimate of drug-likeness (QED) is 0.540. The van der Waals surface area contributed by atoms with Crippen LogP contribution in [-0.2, 0) is 6.42 Å². The number of rotatable bonds is 3. The summed E-state index contributed by atoms with van der Waals surface area (Å²) >= 11 is 1.47. The molecule has 3 aromatic rings. The Balaban J connectivity index is 2.14. The zero-order chi connectivity index (χ0) is 13.9. The largest absolute Gasteiger partial charge is 0.229 e. The highest BCUT2D eigenvalue weighted by Crippen LogP contribution is 2.17. The molecule has 0 aliphatic carbocycles. The first-order chi connectivity index (χ1) is 9.81. The molecule has 0 saturated carbocycles. The summed E-state index contributed by atoms with van der Waals surface area (Å²) in [5, 5.41) is 17.6. The molecule has 6 nitrogen and oxygen atoms in total. The van der Waals surface area contributed by atoms with E-state index in [0.29, 0.717) is 22.7 Å². The van der Waals surface area contributed by atoms with E-state index in [9.17, 15) is 0 Å². The Bertz CT molecular complexity index is 804. The standard InChI is InChI=1S/C13H10N6S/c1-20-13-15-8-11-12(16-13)19(18-17-11)10-4-2-3-9(7-10)5-6-14/h2-4,7-8H,5H2,1H3. The van der Waals surface area contributed by atoms with Gasteiger partial charge in [0.25, 0.3) is 0 Å². The summed E-state index contributed by atoms with van der Waals surface area (Å²) in [7, 11) is 0. The molecule has 2 aromatic heterocycles. The van der Waals surface area contributed by atoms with Crippen molar-refractivity contribution in [1.29, 1.82) is 5.26 Å². The summed E-state index contributed by atoms with van der Waals surface area (Å²) in [6.07, 6.45) is 3.95. The third-order valence-electron chi connectivity index (χ3n) is 2.79. The molecule has 0 aliphatic heterocycles. The normalized spacial score (nSPS) is 10.6. The van der Waals surface area contributed by atoms with Crippen LogP contribution in [-0.4, -0.2) is 31.2 Å². The molecular formula is C13H10N6S. The van der Waals surface area contributed by atoms with Crippen molar-refractivity contribution in [3.63, 3.8) is 0 Å². The molecule has 7 heteroatoms. The number of nitrogens with zero attached hydrogens (tertiary/aromatic N) is 6. The van der Waals surface area contributed by atoms with Gasteiger partial charge in [-0.25, -0.2) is 9.97 Å². The van der Waals surface area contributed by atoms with E-state index < -0.39 is 0 Å². The molecule has 98 valence electrons. The van der Waals surface area contributed by atoms with E-state index in [4.69, 9.17) is 5.26 Å². The van der Waals surface area contributed by atoms with Crippen LogP contribution >= 0.6 is 11.8 Å². The summed E-state index contributed by atoms with van der Waals surface area (Å²) in [6, 6.07) is 9.77. The first kappa shape index (κ1) is 12.6. The molecule has 0 saturated heterocycles. The molecule has 2 heterocycles. The second-order valence-corrected chi connectivity index (χ2v) is 4.84. The highest BCUT2D eigenvalue weighted by Gasteiger charge is 2.10. The topological polar surface area (TPSA) is 80.3 Å². The van der Waals surface area contributed by atoms with Crippen LogP contribution in [0.3, 0.4) is 0 Å². The second-order valence-electron chi connectivity index (χ2n) is 4.07. The predicted molar refractivity (Wildman–Crippen MR) is 75.6 cm³/mol. The molecule has 1 aromatic carbocycles. The zero-order valence-electron chi connectivity index (χ0n) is 10.7. The minimum atomic E-state index is 0.367. The third kappa shape index (κ3) is 2.21. The number of fused-ring (bicyclic) bond motifs is 1. The zero-order valence-corrected chi connectivity index (χ0v) is 11.5. The maximum absolute atomic E-state index is 8.77. The van der Waals surface area contributed by atoms with Crippen molar-refractivity contribution in [2.75, 3.05) is 6.26 Å². The van der Waals surface area contributed by atoms with Crippen LogP contribution in [0, 0.1) is 11.3 Å². The Morgan fingerprint density at radius 1 is 1.40 bits per heavy atom. The Labute approximate surface area is 119 Å².